The normalized spacial score (nSPS) is 10.7. The number of rotatable bonds is 3. The summed E-state index contributed by atoms with van der Waals surface area (Å²) in [4.78, 5) is 10.6. The van der Waals surface area contributed by atoms with Crippen molar-refractivity contribution in [2.45, 2.75) is 33.1 Å². The Hall–Kier alpha value is -1.05. The van der Waals surface area contributed by atoms with Gasteiger partial charge in [0.25, 0.3) is 0 Å². The zero-order chi connectivity index (χ0) is 9.14. The van der Waals surface area contributed by atoms with Crippen LogP contribution in [-0.4, -0.2) is 6.29 Å². The van der Waals surface area contributed by atoms with Crippen molar-refractivity contribution >= 4 is 6.29 Å². The second-order valence-corrected chi connectivity index (χ2v) is 3.15. The molecule has 0 saturated heterocycles. The van der Waals surface area contributed by atoms with Crippen molar-refractivity contribution in [2.24, 2.45) is 0 Å². The van der Waals surface area contributed by atoms with Crippen LogP contribution in [0, 0.1) is 0 Å². The highest BCUT2D eigenvalue weighted by atomic mass is 16.3. The highest BCUT2D eigenvalue weighted by Crippen LogP contribution is 2.21. The van der Waals surface area contributed by atoms with Gasteiger partial charge in [0.05, 0.1) is 5.56 Å². The van der Waals surface area contributed by atoms with Gasteiger partial charge in [0.1, 0.15) is 11.5 Å². The second-order valence-electron chi connectivity index (χ2n) is 3.15. The van der Waals surface area contributed by atoms with E-state index >= 15 is 0 Å². The molecule has 0 radical (unpaired) electrons. The molecule has 1 aromatic rings. The largest absolute Gasteiger partial charge is 0.465 e. The van der Waals surface area contributed by atoms with Gasteiger partial charge in [-0.2, -0.15) is 0 Å². The smallest absolute Gasteiger partial charge is 0.153 e. The van der Waals surface area contributed by atoms with Gasteiger partial charge in [0, 0.05) is 12.3 Å². The third kappa shape index (κ3) is 1.58. The first kappa shape index (κ1) is 9.04. The molecule has 66 valence electrons. The molecule has 2 heteroatoms. The number of hydrogen-bond donors (Lipinski definition) is 0. The van der Waals surface area contributed by atoms with Crippen molar-refractivity contribution in [3.8, 4) is 0 Å². The maximum Gasteiger partial charge on any atom is 0.153 e. The minimum absolute atomic E-state index is 0.351. The van der Waals surface area contributed by atoms with Gasteiger partial charge >= 0.3 is 0 Å². The summed E-state index contributed by atoms with van der Waals surface area (Å²) in [5.74, 6) is 2.05. The van der Waals surface area contributed by atoms with Gasteiger partial charge in [-0.15, -0.1) is 0 Å². The second kappa shape index (κ2) is 3.57. The van der Waals surface area contributed by atoms with Crippen molar-refractivity contribution in [3.05, 3.63) is 23.2 Å². The first-order valence-corrected chi connectivity index (χ1v) is 4.26. The fourth-order valence-electron chi connectivity index (χ4n) is 1.12. The molecule has 0 aliphatic rings. The predicted octanol–water partition coefficient (Wildman–Crippen LogP) is 2.78. The number of carbonyl (C=O) groups is 1. The summed E-state index contributed by atoms with van der Waals surface area (Å²) in [5, 5.41) is 0. The van der Waals surface area contributed by atoms with E-state index < -0.39 is 0 Å². The van der Waals surface area contributed by atoms with Crippen LogP contribution in [0.25, 0.3) is 0 Å². The van der Waals surface area contributed by atoms with Crippen LogP contribution in [0.1, 0.15) is 48.6 Å². The Kier molecular flexibility index (Phi) is 2.69. The Balaban J connectivity index is 3.05. The van der Waals surface area contributed by atoms with Crippen LogP contribution in [0.4, 0.5) is 0 Å². The van der Waals surface area contributed by atoms with E-state index in [4.69, 9.17) is 4.42 Å². The maximum absolute atomic E-state index is 10.6. The summed E-state index contributed by atoms with van der Waals surface area (Å²) in [5.41, 5.74) is 0.696. The molecule has 1 aromatic heterocycles. The number of aryl methyl sites for hydroxylation is 1. The summed E-state index contributed by atoms with van der Waals surface area (Å²) >= 11 is 0. The minimum Gasteiger partial charge on any atom is -0.465 e. The SMILES string of the molecule is CCc1oc(C(C)C)cc1C=O. The predicted molar refractivity (Wildman–Crippen MR) is 47.6 cm³/mol. The lowest BCUT2D eigenvalue weighted by atomic mass is 10.1. The number of furan rings is 1. The Morgan fingerprint density at radius 2 is 2.25 bits per heavy atom. The van der Waals surface area contributed by atoms with Crippen molar-refractivity contribution in [1.29, 1.82) is 0 Å². The third-order valence-corrected chi connectivity index (χ3v) is 1.88. The molecule has 0 atom stereocenters. The standard InChI is InChI=1S/C10H14O2/c1-4-9-8(6-11)5-10(12-9)7(2)3/h5-7H,4H2,1-3H3. The minimum atomic E-state index is 0.351. The van der Waals surface area contributed by atoms with Crippen LogP contribution >= 0.6 is 0 Å². The lowest BCUT2D eigenvalue weighted by Gasteiger charge is -1.96. The molecule has 12 heavy (non-hydrogen) atoms. The average Bonchev–Trinajstić information content (AvgIpc) is 2.46. The van der Waals surface area contributed by atoms with E-state index in [0.717, 1.165) is 24.2 Å². The van der Waals surface area contributed by atoms with Crippen LogP contribution in [0.5, 0.6) is 0 Å². The fraction of sp³-hybridized carbons (Fsp3) is 0.500. The summed E-state index contributed by atoms with van der Waals surface area (Å²) in [7, 11) is 0. The van der Waals surface area contributed by atoms with Crippen molar-refractivity contribution in [2.75, 3.05) is 0 Å². The van der Waals surface area contributed by atoms with E-state index in [-0.39, 0.29) is 0 Å². The highest BCUT2D eigenvalue weighted by molar-refractivity contribution is 5.76. The Bertz CT molecular complexity index is 271. The van der Waals surface area contributed by atoms with E-state index in [1.807, 2.05) is 26.8 Å². The summed E-state index contributed by atoms with van der Waals surface area (Å²) in [6.07, 6.45) is 1.63. The Morgan fingerprint density at radius 1 is 1.58 bits per heavy atom. The Morgan fingerprint density at radius 3 is 2.58 bits per heavy atom. The van der Waals surface area contributed by atoms with E-state index in [1.165, 1.54) is 0 Å². The molecular weight excluding hydrogens is 152 g/mol. The first-order chi connectivity index (χ1) is 5.69. The molecule has 0 spiro atoms. The van der Waals surface area contributed by atoms with E-state index in [1.54, 1.807) is 0 Å². The topological polar surface area (TPSA) is 30.2 Å². The molecule has 1 rings (SSSR count). The lowest BCUT2D eigenvalue weighted by molar-refractivity contribution is 0.112. The quantitative estimate of drug-likeness (QED) is 0.646. The molecule has 0 N–H and O–H groups in total. The van der Waals surface area contributed by atoms with E-state index in [2.05, 4.69) is 0 Å². The van der Waals surface area contributed by atoms with Gasteiger partial charge in [0.15, 0.2) is 6.29 Å². The number of aldehydes is 1. The monoisotopic (exact) mass is 166 g/mol. The molecule has 1 heterocycles. The summed E-state index contributed by atoms with van der Waals surface area (Å²) in [6.45, 7) is 6.08. The number of hydrogen-bond acceptors (Lipinski definition) is 2. The molecule has 0 aliphatic carbocycles. The molecule has 0 bridgehead atoms. The van der Waals surface area contributed by atoms with E-state index in [0.29, 0.717) is 11.5 Å². The average molecular weight is 166 g/mol. The van der Waals surface area contributed by atoms with Gasteiger partial charge in [-0.3, -0.25) is 4.79 Å². The molecule has 2 nitrogen and oxygen atoms in total. The van der Waals surface area contributed by atoms with Crippen molar-refractivity contribution in [3.63, 3.8) is 0 Å². The molecule has 0 aromatic carbocycles. The maximum atomic E-state index is 10.6. The van der Waals surface area contributed by atoms with Gasteiger partial charge in [-0.1, -0.05) is 20.8 Å². The Labute approximate surface area is 72.6 Å². The molecule has 0 fully saturated rings. The van der Waals surface area contributed by atoms with Crippen molar-refractivity contribution < 1.29 is 9.21 Å². The third-order valence-electron chi connectivity index (χ3n) is 1.88. The van der Waals surface area contributed by atoms with Crippen LogP contribution in [0.15, 0.2) is 10.5 Å². The van der Waals surface area contributed by atoms with Crippen LogP contribution in [-0.2, 0) is 6.42 Å². The van der Waals surface area contributed by atoms with E-state index in [9.17, 15) is 4.79 Å². The fourth-order valence-corrected chi connectivity index (χ4v) is 1.12. The molecular formula is C10H14O2. The molecule has 0 amide bonds. The van der Waals surface area contributed by atoms with Crippen LogP contribution < -0.4 is 0 Å². The molecule has 0 unspecified atom stereocenters. The zero-order valence-electron chi connectivity index (χ0n) is 7.76. The van der Waals surface area contributed by atoms with Crippen molar-refractivity contribution in [1.82, 2.24) is 0 Å². The summed E-state index contributed by atoms with van der Waals surface area (Å²) < 4.78 is 5.48. The molecule has 0 saturated carbocycles. The summed E-state index contributed by atoms with van der Waals surface area (Å²) in [6, 6.07) is 1.83. The van der Waals surface area contributed by atoms with Gasteiger partial charge < -0.3 is 4.42 Å². The lowest BCUT2D eigenvalue weighted by Crippen LogP contribution is -1.81. The zero-order valence-corrected chi connectivity index (χ0v) is 7.76. The van der Waals surface area contributed by atoms with Gasteiger partial charge in [-0.05, 0) is 6.07 Å². The van der Waals surface area contributed by atoms with Gasteiger partial charge in [-0.25, -0.2) is 0 Å². The first-order valence-electron chi connectivity index (χ1n) is 4.26. The number of carbonyl (C=O) groups excluding carboxylic acids is 1. The highest BCUT2D eigenvalue weighted by Gasteiger charge is 2.10. The van der Waals surface area contributed by atoms with Gasteiger partial charge in [0.2, 0.25) is 0 Å². The van der Waals surface area contributed by atoms with Crippen LogP contribution in [0.3, 0.4) is 0 Å². The molecule has 0 aliphatic heterocycles. The van der Waals surface area contributed by atoms with Crippen LogP contribution in [0.2, 0.25) is 0 Å².